The Morgan fingerprint density at radius 3 is 2.19 bits per heavy atom. The second-order valence-electron chi connectivity index (χ2n) is 4.10. The third-order valence-corrected chi connectivity index (χ3v) is 5.95. The molecular weight excluding hydrogens is 398 g/mol. The van der Waals surface area contributed by atoms with Crippen LogP contribution in [0.3, 0.4) is 0 Å². The molecule has 0 aromatic heterocycles. The molecule has 0 saturated heterocycles. The quantitative estimate of drug-likeness (QED) is 0.538. The second kappa shape index (κ2) is 8.16. The summed E-state index contributed by atoms with van der Waals surface area (Å²) in [5.41, 5.74) is 0.939. The van der Waals surface area contributed by atoms with Gasteiger partial charge in [0.1, 0.15) is 0 Å². The van der Waals surface area contributed by atoms with Gasteiger partial charge in [-0.25, -0.2) is 0 Å². The first-order valence-corrected chi connectivity index (χ1v) is 8.97. The van der Waals surface area contributed by atoms with E-state index >= 15 is 0 Å². The summed E-state index contributed by atoms with van der Waals surface area (Å²) in [7, 11) is 1.41. The Hall–Kier alpha value is -1.38. The van der Waals surface area contributed by atoms with Gasteiger partial charge in [0.25, 0.3) is 0 Å². The van der Waals surface area contributed by atoms with E-state index in [4.69, 9.17) is 9.47 Å². The molecule has 2 rings (SSSR count). The predicted molar refractivity (Wildman–Crippen MR) is 84.8 cm³/mol. The van der Waals surface area contributed by atoms with Crippen LogP contribution < -0.4 is 4.74 Å². The van der Waals surface area contributed by atoms with Crippen molar-refractivity contribution >= 4 is 40.0 Å². The van der Waals surface area contributed by atoms with E-state index in [9.17, 15) is 4.79 Å². The number of esters is 1. The van der Waals surface area contributed by atoms with E-state index in [0.717, 1.165) is 11.3 Å². The third kappa shape index (κ3) is 4.83. The molecular formula is C16H14O3Se2. The molecule has 0 spiro atoms. The maximum atomic E-state index is 12.0. The Bertz CT molecular complexity index is 599. The van der Waals surface area contributed by atoms with Gasteiger partial charge in [-0.3, -0.25) is 0 Å². The Morgan fingerprint density at radius 2 is 1.62 bits per heavy atom. The summed E-state index contributed by atoms with van der Waals surface area (Å²) in [6.07, 6.45) is 0. The van der Waals surface area contributed by atoms with Crippen LogP contribution in [0.1, 0.15) is 10.4 Å². The van der Waals surface area contributed by atoms with Gasteiger partial charge in [0.15, 0.2) is 0 Å². The number of rotatable bonds is 6. The molecule has 3 nitrogen and oxygen atoms in total. The SMILES string of the molecule is COC(=O)C([Se]C(=[Se])Oc1ccccc1)c1ccccc1. The van der Waals surface area contributed by atoms with Crippen molar-refractivity contribution in [2.24, 2.45) is 0 Å². The van der Waals surface area contributed by atoms with Crippen LogP contribution in [0.4, 0.5) is 0 Å². The zero-order valence-electron chi connectivity index (χ0n) is 11.4. The Balaban J connectivity index is 2.09. The van der Waals surface area contributed by atoms with Crippen molar-refractivity contribution in [2.45, 2.75) is 4.82 Å². The zero-order valence-corrected chi connectivity index (χ0v) is 14.8. The number of ether oxygens (including phenoxy) is 2. The Labute approximate surface area is 138 Å². The monoisotopic (exact) mass is 414 g/mol. The molecule has 0 aliphatic carbocycles. The fourth-order valence-electron chi connectivity index (χ4n) is 1.69. The van der Waals surface area contributed by atoms with Crippen LogP contribution in [0.2, 0.25) is 0 Å². The van der Waals surface area contributed by atoms with Gasteiger partial charge in [-0.15, -0.1) is 0 Å². The zero-order chi connectivity index (χ0) is 15.1. The molecule has 0 fully saturated rings. The molecule has 0 N–H and O–H groups in total. The molecule has 21 heavy (non-hydrogen) atoms. The van der Waals surface area contributed by atoms with Gasteiger partial charge < -0.3 is 0 Å². The van der Waals surface area contributed by atoms with E-state index in [-0.39, 0.29) is 25.7 Å². The normalized spacial score (nSPS) is 11.5. The molecule has 108 valence electrons. The van der Waals surface area contributed by atoms with E-state index < -0.39 is 0 Å². The summed E-state index contributed by atoms with van der Waals surface area (Å²) in [4.78, 5) is 11.7. The number of carbonyl (C=O) groups excluding carboxylic acids is 1. The molecule has 2 aromatic carbocycles. The number of methoxy groups -OCH3 is 1. The summed E-state index contributed by atoms with van der Waals surface area (Å²) in [5, 5.41) is 0. The van der Waals surface area contributed by atoms with Crippen molar-refractivity contribution in [1.82, 2.24) is 0 Å². The van der Waals surface area contributed by atoms with Crippen molar-refractivity contribution in [3.63, 3.8) is 0 Å². The van der Waals surface area contributed by atoms with Crippen molar-refractivity contribution in [2.75, 3.05) is 7.11 Å². The Morgan fingerprint density at radius 1 is 1.05 bits per heavy atom. The molecule has 5 heteroatoms. The van der Waals surface area contributed by atoms with E-state index in [0.29, 0.717) is 3.50 Å². The van der Waals surface area contributed by atoms with Crippen LogP contribution in [-0.2, 0) is 9.53 Å². The summed E-state index contributed by atoms with van der Waals surface area (Å²) < 4.78 is 11.4. The minimum absolute atomic E-state index is 0.204. The minimum atomic E-state index is -0.316. The number of hydrogen-bond acceptors (Lipinski definition) is 3. The fourth-order valence-corrected chi connectivity index (χ4v) is 4.67. The van der Waals surface area contributed by atoms with E-state index in [2.05, 4.69) is 15.6 Å². The van der Waals surface area contributed by atoms with Crippen molar-refractivity contribution in [3.8, 4) is 5.75 Å². The number of hydrogen-bond donors (Lipinski definition) is 0. The van der Waals surface area contributed by atoms with Crippen LogP contribution in [0, 0.1) is 0 Å². The van der Waals surface area contributed by atoms with Crippen molar-refractivity contribution in [1.29, 1.82) is 0 Å². The summed E-state index contributed by atoms with van der Waals surface area (Å²) in [5.74, 6) is 0.510. The first-order chi connectivity index (χ1) is 10.2. The number of benzene rings is 2. The summed E-state index contributed by atoms with van der Waals surface area (Å²) >= 11 is 2.72. The first kappa shape index (κ1) is 16.0. The molecule has 2 aromatic rings. The third-order valence-electron chi connectivity index (χ3n) is 2.68. The van der Waals surface area contributed by atoms with Crippen LogP contribution in [0.15, 0.2) is 60.7 Å². The molecule has 1 atom stereocenters. The number of carbonyl (C=O) groups is 1. The standard InChI is InChI=1S/C16H14O3Se2/c1-18-15(17)14(12-8-4-2-5-9-12)21-16(20)19-13-10-6-3-7-11-13/h2-11,14H,1H3. The average Bonchev–Trinajstić information content (AvgIpc) is 2.53. The van der Waals surface area contributed by atoms with Gasteiger partial charge in [0.05, 0.1) is 0 Å². The van der Waals surface area contributed by atoms with Gasteiger partial charge in [-0.05, 0) is 0 Å². The second-order valence-corrected chi connectivity index (χ2v) is 8.45. The van der Waals surface area contributed by atoms with Crippen LogP contribution in [0.25, 0.3) is 0 Å². The predicted octanol–water partition coefficient (Wildman–Crippen LogP) is 1.94. The van der Waals surface area contributed by atoms with E-state index in [1.165, 1.54) is 7.11 Å². The molecule has 0 heterocycles. The van der Waals surface area contributed by atoms with E-state index in [1.807, 2.05) is 60.7 Å². The summed E-state index contributed by atoms with van der Waals surface area (Å²) in [6, 6.07) is 19.1. The molecule has 0 bridgehead atoms. The van der Waals surface area contributed by atoms with Crippen LogP contribution in [-0.4, -0.2) is 47.1 Å². The van der Waals surface area contributed by atoms with Gasteiger partial charge >= 0.3 is 138 Å². The van der Waals surface area contributed by atoms with Crippen molar-refractivity contribution < 1.29 is 14.3 Å². The van der Waals surface area contributed by atoms with E-state index in [1.54, 1.807) is 0 Å². The molecule has 0 aliphatic rings. The van der Waals surface area contributed by atoms with Gasteiger partial charge in [0.2, 0.25) is 0 Å². The van der Waals surface area contributed by atoms with Gasteiger partial charge in [-0.1, -0.05) is 0 Å². The molecule has 0 aliphatic heterocycles. The Kier molecular flexibility index (Phi) is 6.21. The fraction of sp³-hybridized carbons (Fsp3) is 0.125. The van der Waals surface area contributed by atoms with Crippen molar-refractivity contribution in [3.05, 3.63) is 66.2 Å². The number of para-hydroxylation sites is 1. The topological polar surface area (TPSA) is 35.5 Å². The van der Waals surface area contributed by atoms with Crippen LogP contribution >= 0.6 is 0 Å². The molecule has 1 unspecified atom stereocenters. The summed E-state index contributed by atoms with van der Waals surface area (Å²) in [6.45, 7) is 0. The van der Waals surface area contributed by atoms with Crippen LogP contribution in [0.5, 0.6) is 5.75 Å². The average molecular weight is 412 g/mol. The maximum absolute atomic E-state index is 12.0. The molecule has 0 amide bonds. The molecule has 0 radical (unpaired) electrons. The first-order valence-electron chi connectivity index (χ1n) is 6.27. The van der Waals surface area contributed by atoms with Gasteiger partial charge in [0, 0.05) is 0 Å². The van der Waals surface area contributed by atoms with Gasteiger partial charge in [-0.2, -0.15) is 0 Å². The molecule has 0 saturated carbocycles.